The van der Waals surface area contributed by atoms with Gasteiger partial charge in [-0.15, -0.1) is 0 Å². The van der Waals surface area contributed by atoms with E-state index in [2.05, 4.69) is 29.1 Å². The molecule has 3 aromatic rings. The molecule has 3 rings (SSSR count). The maximum absolute atomic E-state index is 13.1. The molecular weight excluding hydrogens is 255 g/mol. The van der Waals surface area contributed by atoms with Crippen LogP contribution in [-0.4, -0.2) is 20.4 Å². The summed E-state index contributed by atoms with van der Waals surface area (Å²) in [7, 11) is 0. The first-order valence-electron chi connectivity index (χ1n) is 6.49. The number of halogens is 1. The van der Waals surface area contributed by atoms with Gasteiger partial charge in [0, 0.05) is 24.0 Å². The van der Waals surface area contributed by atoms with E-state index in [-0.39, 0.29) is 11.9 Å². The quantitative estimate of drug-likeness (QED) is 0.793. The highest BCUT2D eigenvalue weighted by Gasteiger charge is 2.14. The number of anilines is 1. The van der Waals surface area contributed by atoms with E-state index in [1.165, 1.54) is 12.1 Å². The van der Waals surface area contributed by atoms with Crippen molar-refractivity contribution in [2.45, 2.75) is 19.9 Å². The van der Waals surface area contributed by atoms with Gasteiger partial charge in [0.25, 0.3) is 0 Å². The molecule has 1 N–H and O–H groups in total. The van der Waals surface area contributed by atoms with Crippen molar-refractivity contribution in [1.82, 2.24) is 14.4 Å². The summed E-state index contributed by atoms with van der Waals surface area (Å²) in [5, 5.41) is 3.39. The van der Waals surface area contributed by atoms with Crippen LogP contribution in [-0.2, 0) is 0 Å². The van der Waals surface area contributed by atoms with Gasteiger partial charge in [-0.1, -0.05) is 0 Å². The molecule has 0 aliphatic carbocycles. The minimum Gasteiger partial charge on any atom is -0.367 e. The van der Waals surface area contributed by atoms with Crippen molar-refractivity contribution >= 4 is 11.5 Å². The SMILES string of the molecule is CC(C)Nc1c(-c2ccc(F)cc2)nc2cnccn12. The number of nitrogens with zero attached hydrogens (tertiary/aromatic N) is 3. The molecule has 0 bridgehead atoms. The highest BCUT2D eigenvalue weighted by Crippen LogP contribution is 2.29. The Morgan fingerprint density at radius 3 is 2.65 bits per heavy atom. The Hall–Kier alpha value is -2.43. The number of benzene rings is 1. The molecule has 0 radical (unpaired) electrons. The van der Waals surface area contributed by atoms with Crippen molar-refractivity contribution in [2.24, 2.45) is 0 Å². The average Bonchev–Trinajstić information content (AvgIpc) is 2.78. The van der Waals surface area contributed by atoms with Crippen molar-refractivity contribution in [3.8, 4) is 11.3 Å². The fourth-order valence-electron chi connectivity index (χ4n) is 2.13. The number of nitrogens with one attached hydrogen (secondary N) is 1. The first-order chi connectivity index (χ1) is 9.65. The number of fused-ring (bicyclic) bond motifs is 1. The van der Waals surface area contributed by atoms with Gasteiger partial charge in [-0.3, -0.25) is 9.38 Å². The van der Waals surface area contributed by atoms with Crippen molar-refractivity contribution in [3.05, 3.63) is 48.7 Å². The van der Waals surface area contributed by atoms with Crippen LogP contribution in [0.2, 0.25) is 0 Å². The molecule has 2 aromatic heterocycles. The van der Waals surface area contributed by atoms with Gasteiger partial charge >= 0.3 is 0 Å². The number of aromatic nitrogens is 3. The molecule has 0 atom stereocenters. The van der Waals surface area contributed by atoms with E-state index in [0.717, 1.165) is 22.7 Å². The molecule has 2 heterocycles. The van der Waals surface area contributed by atoms with Crippen molar-refractivity contribution in [2.75, 3.05) is 5.32 Å². The van der Waals surface area contributed by atoms with Crippen LogP contribution in [0, 0.1) is 5.82 Å². The lowest BCUT2D eigenvalue weighted by Gasteiger charge is -2.11. The number of hydrogen-bond donors (Lipinski definition) is 1. The topological polar surface area (TPSA) is 42.2 Å². The number of imidazole rings is 1. The largest absolute Gasteiger partial charge is 0.367 e. The lowest BCUT2D eigenvalue weighted by atomic mass is 10.1. The molecule has 102 valence electrons. The Morgan fingerprint density at radius 2 is 1.95 bits per heavy atom. The van der Waals surface area contributed by atoms with Crippen LogP contribution >= 0.6 is 0 Å². The molecule has 1 aromatic carbocycles. The van der Waals surface area contributed by atoms with Crippen LogP contribution in [0.3, 0.4) is 0 Å². The molecule has 0 saturated heterocycles. The van der Waals surface area contributed by atoms with Gasteiger partial charge in [0.1, 0.15) is 17.3 Å². The zero-order valence-electron chi connectivity index (χ0n) is 11.3. The van der Waals surface area contributed by atoms with Crippen LogP contribution in [0.4, 0.5) is 10.2 Å². The molecule has 0 saturated carbocycles. The predicted octanol–water partition coefficient (Wildman–Crippen LogP) is 3.36. The molecule has 0 aliphatic rings. The predicted molar refractivity (Wildman–Crippen MR) is 77.1 cm³/mol. The monoisotopic (exact) mass is 270 g/mol. The van der Waals surface area contributed by atoms with Gasteiger partial charge in [0.05, 0.1) is 6.20 Å². The lowest BCUT2D eigenvalue weighted by Crippen LogP contribution is -2.12. The number of rotatable bonds is 3. The summed E-state index contributed by atoms with van der Waals surface area (Å²) >= 11 is 0. The second-order valence-electron chi connectivity index (χ2n) is 4.92. The Balaban J connectivity index is 2.20. The molecule has 0 spiro atoms. The van der Waals surface area contributed by atoms with Crippen LogP contribution < -0.4 is 5.32 Å². The molecule has 0 unspecified atom stereocenters. The van der Waals surface area contributed by atoms with Crippen LogP contribution in [0.5, 0.6) is 0 Å². The van der Waals surface area contributed by atoms with Gasteiger partial charge in [-0.2, -0.15) is 0 Å². The average molecular weight is 270 g/mol. The second-order valence-corrected chi connectivity index (χ2v) is 4.92. The molecule has 20 heavy (non-hydrogen) atoms. The molecule has 0 aliphatic heterocycles. The van der Waals surface area contributed by atoms with Gasteiger partial charge in [0.2, 0.25) is 0 Å². The first-order valence-corrected chi connectivity index (χ1v) is 6.49. The van der Waals surface area contributed by atoms with Crippen LogP contribution in [0.25, 0.3) is 16.9 Å². The highest BCUT2D eigenvalue weighted by atomic mass is 19.1. The van der Waals surface area contributed by atoms with Crippen molar-refractivity contribution < 1.29 is 4.39 Å². The summed E-state index contributed by atoms with van der Waals surface area (Å²) in [6.07, 6.45) is 5.28. The van der Waals surface area contributed by atoms with E-state index in [4.69, 9.17) is 0 Å². The van der Waals surface area contributed by atoms with Crippen molar-refractivity contribution in [1.29, 1.82) is 0 Å². The molecule has 0 amide bonds. The van der Waals surface area contributed by atoms with E-state index in [0.29, 0.717) is 0 Å². The fraction of sp³-hybridized carbons (Fsp3) is 0.200. The van der Waals surface area contributed by atoms with Crippen LogP contribution in [0.15, 0.2) is 42.9 Å². The first kappa shape index (κ1) is 12.6. The zero-order valence-corrected chi connectivity index (χ0v) is 11.3. The maximum atomic E-state index is 13.1. The maximum Gasteiger partial charge on any atom is 0.157 e. The third-order valence-corrected chi connectivity index (χ3v) is 2.97. The Labute approximate surface area is 116 Å². The normalized spacial score (nSPS) is 11.2. The summed E-state index contributed by atoms with van der Waals surface area (Å²) < 4.78 is 15.0. The second kappa shape index (κ2) is 4.92. The van der Waals surface area contributed by atoms with Crippen LogP contribution in [0.1, 0.15) is 13.8 Å². The van der Waals surface area contributed by atoms with E-state index in [1.54, 1.807) is 24.5 Å². The van der Waals surface area contributed by atoms with E-state index < -0.39 is 0 Å². The minimum absolute atomic E-state index is 0.252. The molecule has 5 heteroatoms. The Bertz CT molecular complexity index is 731. The van der Waals surface area contributed by atoms with Crippen molar-refractivity contribution in [3.63, 3.8) is 0 Å². The highest BCUT2D eigenvalue weighted by molar-refractivity contribution is 5.76. The summed E-state index contributed by atoms with van der Waals surface area (Å²) in [4.78, 5) is 8.66. The fourth-order valence-corrected chi connectivity index (χ4v) is 2.13. The minimum atomic E-state index is -0.252. The van der Waals surface area contributed by atoms with Gasteiger partial charge in [-0.05, 0) is 38.1 Å². The standard InChI is InChI=1S/C15H15FN4/c1-10(2)18-15-14(11-3-5-12(16)6-4-11)19-13-9-17-7-8-20(13)15/h3-10,18H,1-2H3. The van der Waals surface area contributed by atoms with E-state index >= 15 is 0 Å². The van der Waals surface area contributed by atoms with Gasteiger partial charge in [-0.25, -0.2) is 9.37 Å². The number of hydrogen-bond acceptors (Lipinski definition) is 3. The summed E-state index contributed by atoms with van der Waals surface area (Å²) in [5.41, 5.74) is 2.43. The zero-order chi connectivity index (χ0) is 14.1. The van der Waals surface area contributed by atoms with Gasteiger partial charge < -0.3 is 5.32 Å². The molecule has 4 nitrogen and oxygen atoms in total. The Morgan fingerprint density at radius 1 is 1.20 bits per heavy atom. The molecular formula is C15H15FN4. The summed E-state index contributed by atoms with van der Waals surface area (Å²) in [6, 6.07) is 6.61. The van der Waals surface area contributed by atoms with E-state index in [1.807, 2.05) is 10.6 Å². The van der Waals surface area contributed by atoms with Gasteiger partial charge in [0.15, 0.2) is 5.65 Å². The Kier molecular flexibility index (Phi) is 3.10. The third-order valence-electron chi connectivity index (χ3n) is 2.97. The van der Waals surface area contributed by atoms with E-state index in [9.17, 15) is 4.39 Å². The smallest absolute Gasteiger partial charge is 0.157 e. The third kappa shape index (κ3) is 2.22. The molecule has 0 fully saturated rings. The summed E-state index contributed by atoms with van der Waals surface area (Å²) in [6.45, 7) is 4.13. The lowest BCUT2D eigenvalue weighted by molar-refractivity contribution is 0.628. The summed E-state index contributed by atoms with van der Waals surface area (Å²) in [5.74, 6) is 0.640.